The molecule has 3 N–H and O–H groups in total. The van der Waals surface area contributed by atoms with Gasteiger partial charge in [-0.25, -0.2) is 0 Å². The average Bonchev–Trinajstić information content (AvgIpc) is 2.72. The van der Waals surface area contributed by atoms with Crippen LogP contribution >= 0.6 is 0 Å². The predicted octanol–water partition coefficient (Wildman–Crippen LogP) is -0.507. The molecule has 0 aliphatic carbocycles. The second kappa shape index (κ2) is 7.45. The minimum atomic E-state index is -0.789. The lowest BCUT2D eigenvalue weighted by atomic mass is 10.0. The average molecular weight is 272 g/mol. The molecule has 0 radical (unpaired) electrons. The summed E-state index contributed by atoms with van der Waals surface area (Å²) in [6, 6.07) is -0.553. The van der Waals surface area contributed by atoms with Gasteiger partial charge in [0.05, 0.1) is 18.8 Å². The van der Waals surface area contributed by atoms with Gasteiger partial charge in [-0.2, -0.15) is 0 Å². The van der Waals surface area contributed by atoms with Crippen molar-refractivity contribution in [2.75, 3.05) is 19.7 Å². The van der Waals surface area contributed by atoms with Gasteiger partial charge in [-0.05, 0) is 6.42 Å². The molecule has 0 saturated carbocycles. The molecule has 1 aliphatic rings. The van der Waals surface area contributed by atoms with E-state index >= 15 is 0 Å². The highest BCUT2D eigenvalue weighted by Gasteiger charge is 2.42. The van der Waals surface area contributed by atoms with E-state index in [1.807, 2.05) is 6.92 Å². The normalized spacial score (nSPS) is 26.5. The Morgan fingerprint density at radius 1 is 1.37 bits per heavy atom. The topological polar surface area (TPSA) is 89.9 Å². The van der Waals surface area contributed by atoms with Crippen molar-refractivity contribution in [2.45, 2.75) is 45.3 Å². The molecule has 2 amide bonds. The fourth-order valence-electron chi connectivity index (χ4n) is 2.40. The van der Waals surface area contributed by atoms with Crippen molar-refractivity contribution < 1.29 is 19.8 Å². The van der Waals surface area contributed by atoms with Crippen molar-refractivity contribution in [3.63, 3.8) is 0 Å². The van der Waals surface area contributed by atoms with E-state index in [0.29, 0.717) is 25.9 Å². The Hall–Kier alpha value is -1.14. The van der Waals surface area contributed by atoms with Crippen LogP contribution in [0.4, 0.5) is 0 Å². The molecule has 1 rings (SSSR count). The van der Waals surface area contributed by atoms with Crippen molar-refractivity contribution in [1.29, 1.82) is 0 Å². The maximum absolute atomic E-state index is 11.9. The van der Waals surface area contributed by atoms with Crippen LogP contribution in [-0.2, 0) is 9.59 Å². The summed E-state index contributed by atoms with van der Waals surface area (Å²) in [5.74, 6) is -0.343. The van der Waals surface area contributed by atoms with Gasteiger partial charge in [0.15, 0.2) is 0 Å². The first-order valence-corrected chi connectivity index (χ1v) is 6.90. The van der Waals surface area contributed by atoms with Crippen LogP contribution in [0.15, 0.2) is 0 Å². The number of nitrogens with zero attached hydrogens (tertiary/aromatic N) is 1. The molecule has 1 fully saturated rings. The first-order valence-electron chi connectivity index (χ1n) is 6.90. The Balaban J connectivity index is 2.62. The van der Waals surface area contributed by atoms with Crippen LogP contribution in [0.3, 0.4) is 0 Å². The van der Waals surface area contributed by atoms with E-state index in [2.05, 4.69) is 5.32 Å². The molecular weight excluding hydrogens is 248 g/mol. The van der Waals surface area contributed by atoms with Crippen LogP contribution < -0.4 is 5.32 Å². The number of carbonyl (C=O) groups is 2. The van der Waals surface area contributed by atoms with Gasteiger partial charge in [-0.1, -0.05) is 13.8 Å². The Morgan fingerprint density at radius 3 is 2.58 bits per heavy atom. The van der Waals surface area contributed by atoms with Crippen molar-refractivity contribution in [3.05, 3.63) is 0 Å². The Kier molecular flexibility index (Phi) is 6.24. The van der Waals surface area contributed by atoms with Crippen molar-refractivity contribution in [3.8, 4) is 0 Å². The first-order chi connectivity index (χ1) is 9.04. The third-order valence-electron chi connectivity index (χ3n) is 3.56. The van der Waals surface area contributed by atoms with Crippen LogP contribution in [0, 0.1) is 5.92 Å². The zero-order chi connectivity index (χ0) is 14.4. The van der Waals surface area contributed by atoms with Crippen molar-refractivity contribution in [2.24, 2.45) is 5.92 Å². The zero-order valence-corrected chi connectivity index (χ0v) is 11.6. The number of nitrogens with one attached hydrogen (secondary N) is 1. The molecule has 110 valence electrons. The van der Waals surface area contributed by atoms with E-state index in [-0.39, 0.29) is 24.3 Å². The molecule has 1 heterocycles. The third kappa shape index (κ3) is 3.91. The minimum Gasteiger partial charge on any atom is -0.394 e. The molecule has 0 spiro atoms. The highest BCUT2D eigenvalue weighted by atomic mass is 16.3. The predicted molar refractivity (Wildman–Crippen MR) is 70.3 cm³/mol. The van der Waals surface area contributed by atoms with Gasteiger partial charge in [0.2, 0.25) is 11.8 Å². The van der Waals surface area contributed by atoms with Crippen LogP contribution in [0.2, 0.25) is 0 Å². The molecule has 1 saturated heterocycles. The molecule has 0 aromatic rings. The first kappa shape index (κ1) is 15.9. The lowest BCUT2D eigenvalue weighted by molar-refractivity contribution is -0.133. The van der Waals surface area contributed by atoms with Crippen molar-refractivity contribution in [1.82, 2.24) is 10.2 Å². The summed E-state index contributed by atoms with van der Waals surface area (Å²) in [5, 5.41) is 22.2. The number of hydrogen-bond donors (Lipinski definition) is 3. The monoisotopic (exact) mass is 272 g/mol. The summed E-state index contributed by atoms with van der Waals surface area (Å²) in [6.07, 6.45) is 0.756. The molecule has 19 heavy (non-hydrogen) atoms. The molecule has 6 nitrogen and oxygen atoms in total. The van der Waals surface area contributed by atoms with Gasteiger partial charge >= 0.3 is 0 Å². The van der Waals surface area contributed by atoms with Crippen LogP contribution in [0.1, 0.15) is 33.1 Å². The molecule has 0 aromatic carbocycles. The van der Waals surface area contributed by atoms with Gasteiger partial charge in [-0.15, -0.1) is 0 Å². The summed E-state index contributed by atoms with van der Waals surface area (Å²) < 4.78 is 0. The Morgan fingerprint density at radius 2 is 2.05 bits per heavy atom. The summed E-state index contributed by atoms with van der Waals surface area (Å²) in [4.78, 5) is 24.7. The maximum atomic E-state index is 11.9. The van der Waals surface area contributed by atoms with Crippen LogP contribution in [0.25, 0.3) is 0 Å². The molecule has 1 aliphatic heterocycles. The zero-order valence-electron chi connectivity index (χ0n) is 11.6. The van der Waals surface area contributed by atoms with Gasteiger partial charge in [0.25, 0.3) is 0 Å². The van der Waals surface area contributed by atoms with E-state index in [1.165, 1.54) is 4.90 Å². The number of aliphatic hydroxyl groups excluding tert-OH is 2. The van der Waals surface area contributed by atoms with E-state index in [9.17, 15) is 19.8 Å². The smallest absolute Gasteiger partial charge is 0.222 e. The highest BCUT2D eigenvalue weighted by molar-refractivity contribution is 5.77. The summed E-state index contributed by atoms with van der Waals surface area (Å²) in [5.41, 5.74) is 0. The lowest BCUT2D eigenvalue weighted by Crippen LogP contribution is -2.42. The molecule has 6 heteroatoms. The number of carbonyl (C=O) groups excluding carboxylic acids is 2. The molecule has 3 unspecified atom stereocenters. The van der Waals surface area contributed by atoms with E-state index in [0.717, 1.165) is 6.42 Å². The molecule has 3 atom stereocenters. The Bertz CT molecular complexity index is 322. The fourth-order valence-corrected chi connectivity index (χ4v) is 2.40. The SMILES string of the molecule is CCCC(=O)N1CC(CNC(=O)CC)C(O)C1CO. The second-order valence-corrected chi connectivity index (χ2v) is 4.95. The largest absolute Gasteiger partial charge is 0.394 e. The van der Waals surface area contributed by atoms with E-state index in [1.54, 1.807) is 6.92 Å². The quantitative estimate of drug-likeness (QED) is 0.607. The number of likely N-dealkylation sites (tertiary alicyclic amines) is 1. The Labute approximate surface area is 113 Å². The van der Waals surface area contributed by atoms with Gasteiger partial charge in [0.1, 0.15) is 0 Å². The summed E-state index contributed by atoms with van der Waals surface area (Å²) >= 11 is 0. The van der Waals surface area contributed by atoms with Crippen LogP contribution in [0.5, 0.6) is 0 Å². The second-order valence-electron chi connectivity index (χ2n) is 4.95. The number of amides is 2. The summed E-state index contributed by atoms with van der Waals surface area (Å²) in [7, 11) is 0. The molecule has 0 aromatic heterocycles. The molecular formula is C13H24N2O4. The van der Waals surface area contributed by atoms with E-state index < -0.39 is 12.1 Å². The third-order valence-corrected chi connectivity index (χ3v) is 3.56. The summed E-state index contributed by atoms with van der Waals surface area (Å²) in [6.45, 7) is 4.13. The molecule has 0 bridgehead atoms. The minimum absolute atomic E-state index is 0.0510. The van der Waals surface area contributed by atoms with Crippen molar-refractivity contribution >= 4 is 11.8 Å². The van der Waals surface area contributed by atoms with E-state index in [4.69, 9.17) is 0 Å². The standard InChI is InChI=1S/C13H24N2O4/c1-3-5-12(18)15-7-9(6-14-11(17)4-2)13(19)10(15)8-16/h9-10,13,16,19H,3-8H2,1-2H3,(H,14,17). The lowest BCUT2D eigenvalue weighted by Gasteiger charge is -2.24. The fraction of sp³-hybridized carbons (Fsp3) is 0.846. The number of aliphatic hydroxyl groups is 2. The number of hydrogen-bond acceptors (Lipinski definition) is 4. The van der Waals surface area contributed by atoms with Crippen LogP contribution in [-0.4, -0.2) is 58.8 Å². The highest BCUT2D eigenvalue weighted by Crippen LogP contribution is 2.24. The van der Waals surface area contributed by atoms with Gasteiger partial charge < -0.3 is 20.4 Å². The van der Waals surface area contributed by atoms with Gasteiger partial charge in [-0.3, -0.25) is 9.59 Å². The maximum Gasteiger partial charge on any atom is 0.222 e. The number of rotatable bonds is 6. The van der Waals surface area contributed by atoms with Gasteiger partial charge in [0, 0.05) is 31.8 Å².